The first-order chi connectivity index (χ1) is 14.5. The van der Waals surface area contributed by atoms with E-state index in [9.17, 15) is 9.18 Å². The lowest BCUT2D eigenvalue weighted by molar-refractivity contribution is -0.117. The third kappa shape index (κ3) is 3.13. The van der Waals surface area contributed by atoms with E-state index in [-0.39, 0.29) is 17.4 Å². The summed E-state index contributed by atoms with van der Waals surface area (Å²) in [5, 5.41) is 10.3. The third-order valence-electron chi connectivity index (χ3n) is 5.22. The molecule has 10 heteroatoms. The fourth-order valence-electron chi connectivity index (χ4n) is 3.59. The Balaban J connectivity index is 1.57. The number of H-pyrrole nitrogens is 1. The summed E-state index contributed by atoms with van der Waals surface area (Å²) in [4.78, 5) is 16.3. The van der Waals surface area contributed by atoms with Gasteiger partial charge in [0.1, 0.15) is 17.6 Å². The van der Waals surface area contributed by atoms with Crippen molar-refractivity contribution in [3.8, 4) is 11.1 Å². The maximum absolute atomic E-state index is 15.0. The molecule has 154 valence electrons. The molecule has 5 rings (SSSR count). The van der Waals surface area contributed by atoms with Crippen LogP contribution in [0.15, 0.2) is 30.7 Å². The molecule has 0 bridgehead atoms. The summed E-state index contributed by atoms with van der Waals surface area (Å²) in [5.41, 5.74) is 2.89. The quantitative estimate of drug-likeness (QED) is 0.459. The average molecular weight is 448 g/mol. The monoisotopic (exact) mass is 447 g/mol. The first kappa shape index (κ1) is 19.3. The number of aromatic amines is 1. The van der Waals surface area contributed by atoms with Crippen LogP contribution in [0.5, 0.6) is 0 Å². The minimum atomic E-state index is -1.07. The molecule has 3 aromatic heterocycles. The third-order valence-corrected chi connectivity index (χ3v) is 6.15. The van der Waals surface area contributed by atoms with Crippen molar-refractivity contribution in [2.24, 2.45) is 5.92 Å². The molecule has 1 amide bonds. The highest BCUT2D eigenvalue weighted by Crippen LogP contribution is 2.40. The number of benzene rings is 1. The number of pyridine rings is 1. The van der Waals surface area contributed by atoms with Gasteiger partial charge in [0.05, 0.1) is 28.9 Å². The van der Waals surface area contributed by atoms with Crippen LogP contribution in [0.3, 0.4) is 0 Å². The van der Waals surface area contributed by atoms with Gasteiger partial charge < -0.3 is 9.72 Å². The minimum Gasteiger partial charge on any atom is -0.309 e. The molecule has 2 atom stereocenters. The molecule has 0 radical (unpaired) electrons. The Kier molecular flexibility index (Phi) is 4.67. The lowest BCUT2D eigenvalue weighted by atomic mass is 10.0. The van der Waals surface area contributed by atoms with Crippen LogP contribution in [0.25, 0.3) is 27.7 Å². The minimum absolute atomic E-state index is 0.0312. The van der Waals surface area contributed by atoms with E-state index < -0.39 is 17.9 Å². The lowest BCUT2D eigenvalue weighted by Gasteiger charge is -2.12. The van der Waals surface area contributed by atoms with Crippen LogP contribution in [-0.4, -0.2) is 37.9 Å². The Bertz CT molecular complexity index is 1300. The van der Waals surface area contributed by atoms with Gasteiger partial charge in [-0.2, -0.15) is 16.9 Å². The second-order valence-electron chi connectivity index (χ2n) is 7.23. The van der Waals surface area contributed by atoms with Crippen LogP contribution in [0.1, 0.15) is 12.0 Å². The number of halogens is 3. The first-order valence-corrected chi connectivity index (χ1v) is 11.0. The number of hydrogen-bond acceptors (Lipinski definition) is 4. The van der Waals surface area contributed by atoms with Crippen molar-refractivity contribution in [2.45, 2.75) is 18.3 Å². The van der Waals surface area contributed by atoms with E-state index in [1.54, 1.807) is 35.1 Å². The highest BCUT2D eigenvalue weighted by Gasteiger charge is 2.43. The molecule has 3 heterocycles. The largest absolute Gasteiger partial charge is 0.309 e. The van der Waals surface area contributed by atoms with Crippen LogP contribution < -0.4 is 5.32 Å². The average Bonchev–Trinajstić information content (AvgIpc) is 3.11. The molecule has 0 aliphatic heterocycles. The lowest BCUT2D eigenvalue weighted by Crippen LogP contribution is -2.15. The highest BCUT2D eigenvalue weighted by molar-refractivity contribution is 7.97. The molecular weight excluding hydrogens is 432 g/mol. The number of aromatic nitrogens is 4. The molecular formula is C20H16ClF2N5OS. The molecule has 2 N–H and O–H groups in total. The van der Waals surface area contributed by atoms with Gasteiger partial charge in [0.15, 0.2) is 5.82 Å². The fraction of sp³-hybridized carbons (Fsp3) is 0.250. The molecule has 0 spiro atoms. The van der Waals surface area contributed by atoms with Crippen LogP contribution >= 0.6 is 23.4 Å². The summed E-state index contributed by atoms with van der Waals surface area (Å²) in [7, 11) is 0. The van der Waals surface area contributed by atoms with Gasteiger partial charge in [-0.1, -0.05) is 11.6 Å². The number of nitrogens with one attached hydrogen (secondary N) is 2. The molecule has 1 fully saturated rings. The van der Waals surface area contributed by atoms with Crippen LogP contribution in [0.2, 0.25) is 5.02 Å². The number of carbonyl (C=O) groups is 1. The van der Waals surface area contributed by atoms with Crippen molar-refractivity contribution in [1.82, 2.24) is 19.6 Å². The predicted molar refractivity (Wildman–Crippen MR) is 114 cm³/mol. The highest BCUT2D eigenvalue weighted by atomic mass is 35.5. The van der Waals surface area contributed by atoms with Gasteiger partial charge in [0, 0.05) is 34.0 Å². The number of amides is 1. The van der Waals surface area contributed by atoms with E-state index in [1.165, 1.54) is 11.8 Å². The number of carbonyl (C=O) groups excluding carboxylic acids is 1. The summed E-state index contributed by atoms with van der Waals surface area (Å²) in [6.45, 7) is 0. The van der Waals surface area contributed by atoms with Gasteiger partial charge in [0.2, 0.25) is 5.91 Å². The SMILES string of the molecule is CSCc1c(F)c(Cl)c(-c2ccc3nc(NC(=O)C4CC4F)cn3c2)c2cn[nH]c12. The molecule has 1 aliphatic rings. The number of fused-ring (bicyclic) bond motifs is 2. The van der Waals surface area contributed by atoms with E-state index in [0.29, 0.717) is 39.4 Å². The maximum atomic E-state index is 15.0. The number of thioether (sulfide) groups is 1. The number of rotatable bonds is 5. The molecule has 4 aromatic rings. The van der Waals surface area contributed by atoms with Gasteiger partial charge >= 0.3 is 0 Å². The molecule has 1 aromatic carbocycles. The first-order valence-electron chi connectivity index (χ1n) is 9.24. The fourth-order valence-corrected chi connectivity index (χ4v) is 4.48. The molecule has 2 unspecified atom stereocenters. The molecule has 30 heavy (non-hydrogen) atoms. The van der Waals surface area contributed by atoms with E-state index in [1.807, 2.05) is 6.26 Å². The zero-order chi connectivity index (χ0) is 21.0. The molecule has 1 saturated carbocycles. The van der Waals surface area contributed by atoms with Gasteiger partial charge in [-0.3, -0.25) is 9.89 Å². The van der Waals surface area contributed by atoms with Crippen LogP contribution in [0.4, 0.5) is 14.6 Å². The summed E-state index contributed by atoms with van der Waals surface area (Å²) in [6, 6.07) is 3.53. The predicted octanol–water partition coefficient (Wildman–Crippen LogP) is 4.83. The summed E-state index contributed by atoms with van der Waals surface area (Å²) < 4.78 is 29.8. The van der Waals surface area contributed by atoms with E-state index in [2.05, 4.69) is 20.5 Å². The van der Waals surface area contributed by atoms with Crippen molar-refractivity contribution < 1.29 is 13.6 Å². The Morgan fingerprint density at radius 1 is 1.43 bits per heavy atom. The number of hydrogen-bond donors (Lipinski definition) is 2. The summed E-state index contributed by atoms with van der Waals surface area (Å²) in [6.07, 6.45) is 6.09. The number of nitrogens with zero attached hydrogens (tertiary/aromatic N) is 3. The molecule has 6 nitrogen and oxygen atoms in total. The smallest absolute Gasteiger partial charge is 0.231 e. The van der Waals surface area contributed by atoms with Gasteiger partial charge in [0.25, 0.3) is 0 Å². The number of alkyl halides is 1. The van der Waals surface area contributed by atoms with Gasteiger partial charge in [-0.25, -0.2) is 13.8 Å². The Morgan fingerprint density at radius 3 is 2.97 bits per heavy atom. The summed E-state index contributed by atoms with van der Waals surface area (Å²) >= 11 is 7.94. The van der Waals surface area contributed by atoms with E-state index in [4.69, 9.17) is 11.6 Å². The number of anilines is 1. The van der Waals surface area contributed by atoms with Gasteiger partial charge in [-0.15, -0.1) is 0 Å². The Labute approximate surface area is 179 Å². The van der Waals surface area contributed by atoms with Crippen LogP contribution in [-0.2, 0) is 10.5 Å². The normalized spacial score (nSPS) is 18.3. The van der Waals surface area contributed by atoms with Crippen LogP contribution in [0, 0.1) is 11.7 Å². The van der Waals surface area contributed by atoms with Crippen molar-refractivity contribution in [2.75, 3.05) is 11.6 Å². The van der Waals surface area contributed by atoms with E-state index in [0.717, 1.165) is 5.39 Å². The van der Waals surface area contributed by atoms with E-state index >= 15 is 4.39 Å². The maximum Gasteiger partial charge on any atom is 0.231 e. The Morgan fingerprint density at radius 2 is 2.23 bits per heavy atom. The molecule has 0 saturated heterocycles. The number of imidazole rings is 1. The summed E-state index contributed by atoms with van der Waals surface area (Å²) in [5.74, 6) is -0.643. The second-order valence-corrected chi connectivity index (χ2v) is 8.47. The van der Waals surface area contributed by atoms with Crippen molar-refractivity contribution in [3.05, 3.63) is 47.1 Å². The second kappa shape index (κ2) is 7.24. The standard InChI is InChI=1S/C20H16ClF2N5OS/c1-30-8-12-18(23)17(21)16(11-5-24-27-19(11)12)9-2-3-15-25-14(7-28(15)6-9)26-20(29)10-4-13(10)22/h2-3,5-7,10,13H,4,8H2,1H3,(H,24,27)(H,26,29). The topological polar surface area (TPSA) is 75.1 Å². The van der Waals surface area contributed by atoms with Crippen molar-refractivity contribution in [3.63, 3.8) is 0 Å². The van der Waals surface area contributed by atoms with Crippen molar-refractivity contribution >= 4 is 51.6 Å². The molecule has 1 aliphatic carbocycles. The Hall–Kier alpha value is -2.65. The zero-order valence-electron chi connectivity index (χ0n) is 15.7. The zero-order valence-corrected chi connectivity index (χ0v) is 17.3. The van der Waals surface area contributed by atoms with Gasteiger partial charge in [-0.05, 0) is 24.8 Å². The van der Waals surface area contributed by atoms with Crippen molar-refractivity contribution in [1.29, 1.82) is 0 Å².